The van der Waals surface area contributed by atoms with Gasteiger partial charge >= 0.3 is 5.97 Å². The number of carbonyl (C=O) groups excluding carboxylic acids is 1. The van der Waals surface area contributed by atoms with E-state index >= 15 is 0 Å². The van der Waals surface area contributed by atoms with Gasteiger partial charge in [-0.3, -0.25) is 0 Å². The third kappa shape index (κ3) is 5.15. The van der Waals surface area contributed by atoms with Crippen molar-refractivity contribution in [1.29, 1.82) is 0 Å². The molecule has 5 nitrogen and oxygen atoms in total. The summed E-state index contributed by atoms with van der Waals surface area (Å²) in [7, 11) is 0. The lowest BCUT2D eigenvalue weighted by Gasteiger charge is -2.60. The van der Waals surface area contributed by atoms with Gasteiger partial charge in [-0.15, -0.1) is 0 Å². The summed E-state index contributed by atoms with van der Waals surface area (Å²) in [4.78, 5) is 12.3. The van der Waals surface area contributed by atoms with E-state index in [2.05, 4.69) is 93.2 Å². The van der Waals surface area contributed by atoms with Gasteiger partial charge in [0.05, 0.1) is 18.3 Å². The molecule has 1 saturated heterocycles. The topological polar surface area (TPSA) is 76.0 Å². The summed E-state index contributed by atoms with van der Waals surface area (Å²) in [5.74, 6) is -0.159. The van der Waals surface area contributed by atoms with Crippen LogP contribution in [-0.4, -0.2) is 41.6 Å². The molecule has 0 aromatic heterocycles. The lowest BCUT2D eigenvalue weighted by molar-refractivity contribution is -0.175. The van der Waals surface area contributed by atoms with Crippen molar-refractivity contribution in [3.63, 3.8) is 0 Å². The van der Waals surface area contributed by atoms with E-state index < -0.39 is 29.2 Å². The summed E-state index contributed by atoms with van der Waals surface area (Å²) < 4.78 is 12.4. The van der Waals surface area contributed by atoms with E-state index in [1.807, 2.05) is 24.3 Å². The maximum Gasteiger partial charge on any atom is 0.336 e. The molecule has 6 atom stereocenters. The van der Waals surface area contributed by atoms with Gasteiger partial charge in [0, 0.05) is 5.41 Å². The monoisotopic (exact) mass is 592 g/mol. The molecule has 3 aliphatic rings. The fraction of sp³-hybridized carbons (Fsp3) is 0.410. The molecule has 2 unspecified atom stereocenters. The third-order valence-electron chi connectivity index (χ3n) is 11.0. The molecular formula is C39H44O5. The summed E-state index contributed by atoms with van der Waals surface area (Å²) in [5.41, 5.74) is 3.08. The van der Waals surface area contributed by atoms with Crippen molar-refractivity contribution in [3.05, 3.63) is 131 Å². The number of carbonyl (C=O) groups is 1. The Labute approximate surface area is 261 Å². The molecule has 3 aromatic carbocycles. The van der Waals surface area contributed by atoms with E-state index in [1.54, 1.807) is 0 Å². The number of fused-ring (bicyclic) bond motifs is 1. The maximum absolute atomic E-state index is 12.3. The molecular weight excluding hydrogens is 548 g/mol. The molecule has 1 heterocycles. The minimum atomic E-state index is -0.878. The zero-order valence-electron chi connectivity index (χ0n) is 25.8. The zero-order valence-corrected chi connectivity index (χ0v) is 25.8. The fourth-order valence-corrected chi connectivity index (χ4v) is 8.58. The minimum Gasteiger partial charge on any atom is -0.459 e. The smallest absolute Gasteiger partial charge is 0.336 e. The van der Waals surface area contributed by atoms with Crippen LogP contribution in [0.5, 0.6) is 0 Å². The first-order chi connectivity index (χ1) is 21.2. The van der Waals surface area contributed by atoms with Gasteiger partial charge in [-0.05, 0) is 66.0 Å². The Balaban J connectivity index is 1.39. The van der Waals surface area contributed by atoms with Crippen molar-refractivity contribution in [2.75, 3.05) is 13.2 Å². The molecule has 2 saturated carbocycles. The van der Waals surface area contributed by atoms with Crippen molar-refractivity contribution in [1.82, 2.24) is 0 Å². The van der Waals surface area contributed by atoms with E-state index in [-0.39, 0.29) is 23.9 Å². The fourth-order valence-electron chi connectivity index (χ4n) is 8.58. The number of aliphatic hydroxyl groups excluding tert-OH is 2. The number of ether oxygens (including phenoxy) is 2. The number of esters is 1. The number of cyclic esters (lactones) is 1. The van der Waals surface area contributed by atoms with Crippen LogP contribution in [-0.2, 0) is 19.9 Å². The highest BCUT2D eigenvalue weighted by Crippen LogP contribution is 2.62. The van der Waals surface area contributed by atoms with Gasteiger partial charge in [0.15, 0.2) is 0 Å². The van der Waals surface area contributed by atoms with Crippen LogP contribution in [0.25, 0.3) is 0 Å². The predicted molar refractivity (Wildman–Crippen MR) is 172 cm³/mol. The zero-order chi connectivity index (χ0) is 31.0. The molecule has 0 spiro atoms. The second-order valence-corrected chi connectivity index (χ2v) is 13.4. The third-order valence-corrected chi connectivity index (χ3v) is 11.0. The standard InChI is InChI=1S/C39H44O5/c1-27-19-22-34-37(2,32(27)21-20-31-33(40)25-43-36(31)42)24-23-35(41)38(34,3)26-44-39(28-13-7-4-8-14-28,29-15-9-5-10-16-29)30-17-11-6-12-18-30/h4-18,20,32-35,40-41H,1,19,21-26H2,2-3H3/b31-20-/t32-,33?,34?,35-,37+,38+/m1/s1. The normalized spacial score (nSPS) is 31.5. The van der Waals surface area contributed by atoms with Crippen molar-refractivity contribution < 1.29 is 24.5 Å². The second-order valence-electron chi connectivity index (χ2n) is 13.4. The van der Waals surface area contributed by atoms with Crippen LogP contribution >= 0.6 is 0 Å². The molecule has 3 aromatic rings. The second kappa shape index (κ2) is 12.1. The molecule has 0 amide bonds. The lowest BCUT2D eigenvalue weighted by atomic mass is 9.46. The van der Waals surface area contributed by atoms with E-state index in [4.69, 9.17) is 9.47 Å². The average Bonchev–Trinajstić information content (AvgIpc) is 3.37. The van der Waals surface area contributed by atoms with Gasteiger partial charge in [0.1, 0.15) is 18.3 Å². The first-order valence-electron chi connectivity index (χ1n) is 15.9. The molecule has 2 N–H and O–H groups in total. The number of hydrogen-bond donors (Lipinski definition) is 2. The van der Waals surface area contributed by atoms with Crippen LogP contribution in [0, 0.1) is 22.7 Å². The molecule has 0 bridgehead atoms. The van der Waals surface area contributed by atoms with Crippen LogP contribution in [0.3, 0.4) is 0 Å². The number of benzene rings is 3. The molecule has 6 rings (SSSR count). The Morgan fingerprint density at radius 2 is 1.45 bits per heavy atom. The van der Waals surface area contributed by atoms with Crippen molar-refractivity contribution in [2.45, 2.75) is 63.8 Å². The van der Waals surface area contributed by atoms with Crippen LogP contribution < -0.4 is 0 Å². The highest BCUT2D eigenvalue weighted by Gasteiger charge is 2.58. The van der Waals surface area contributed by atoms with E-state index in [0.717, 1.165) is 36.0 Å². The van der Waals surface area contributed by atoms with E-state index in [0.29, 0.717) is 25.0 Å². The molecule has 3 fully saturated rings. The largest absolute Gasteiger partial charge is 0.459 e. The van der Waals surface area contributed by atoms with Crippen molar-refractivity contribution in [2.24, 2.45) is 22.7 Å². The summed E-state index contributed by atoms with van der Waals surface area (Å²) in [5, 5.41) is 22.1. The molecule has 0 radical (unpaired) electrons. The van der Waals surface area contributed by atoms with Gasteiger partial charge in [-0.2, -0.15) is 0 Å². The Morgan fingerprint density at radius 3 is 1.95 bits per heavy atom. The first kappa shape index (κ1) is 30.5. The highest BCUT2D eigenvalue weighted by molar-refractivity contribution is 5.91. The van der Waals surface area contributed by atoms with Crippen LogP contribution in [0.2, 0.25) is 0 Å². The van der Waals surface area contributed by atoms with Crippen LogP contribution in [0.15, 0.2) is 115 Å². The maximum atomic E-state index is 12.3. The predicted octanol–water partition coefficient (Wildman–Crippen LogP) is 6.98. The number of rotatable bonds is 8. The average molecular weight is 593 g/mol. The summed E-state index contributed by atoms with van der Waals surface area (Å²) in [6.45, 7) is 9.39. The van der Waals surface area contributed by atoms with Gasteiger partial charge in [-0.25, -0.2) is 4.79 Å². The van der Waals surface area contributed by atoms with E-state index in [1.165, 1.54) is 5.57 Å². The van der Waals surface area contributed by atoms with Crippen LogP contribution in [0.1, 0.15) is 62.6 Å². The summed E-state index contributed by atoms with van der Waals surface area (Å²) in [6.07, 6.45) is 4.36. The van der Waals surface area contributed by atoms with Gasteiger partial charge in [-0.1, -0.05) is 123 Å². The number of aliphatic hydroxyl groups is 2. The molecule has 5 heteroatoms. The Kier molecular flexibility index (Phi) is 8.40. The Bertz CT molecular complexity index is 1400. The first-order valence-corrected chi connectivity index (χ1v) is 15.9. The highest BCUT2D eigenvalue weighted by atomic mass is 16.6. The SMILES string of the molecule is C=C1CCC2[C@](C)(COC(c3ccccc3)(c3ccccc3)c3ccccc3)[C@H](O)CC[C@@]2(C)[C@@H]1C/C=C1\C(=O)OCC1O. The van der Waals surface area contributed by atoms with Gasteiger partial charge in [0.2, 0.25) is 0 Å². The van der Waals surface area contributed by atoms with Crippen LogP contribution in [0.4, 0.5) is 0 Å². The molecule has 44 heavy (non-hydrogen) atoms. The summed E-state index contributed by atoms with van der Waals surface area (Å²) >= 11 is 0. The van der Waals surface area contributed by atoms with Gasteiger partial charge in [0.25, 0.3) is 0 Å². The molecule has 1 aliphatic heterocycles. The Hall–Kier alpha value is -3.51. The molecule has 2 aliphatic carbocycles. The van der Waals surface area contributed by atoms with Crippen molar-refractivity contribution in [3.8, 4) is 0 Å². The molecule has 230 valence electrons. The number of hydrogen-bond acceptors (Lipinski definition) is 5. The minimum absolute atomic E-state index is 0.0176. The van der Waals surface area contributed by atoms with Crippen molar-refractivity contribution >= 4 is 5.97 Å². The van der Waals surface area contributed by atoms with Gasteiger partial charge < -0.3 is 19.7 Å². The summed E-state index contributed by atoms with van der Waals surface area (Å²) in [6, 6.07) is 31.1. The quantitative estimate of drug-likeness (QED) is 0.128. The number of allylic oxidation sites excluding steroid dienone is 2. The Morgan fingerprint density at radius 1 is 0.909 bits per heavy atom. The lowest BCUT2D eigenvalue weighted by Crippen LogP contribution is -2.58. The van der Waals surface area contributed by atoms with E-state index in [9.17, 15) is 15.0 Å².